The van der Waals surface area contributed by atoms with Crippen molar-refractivity contribution >= 4 is 23.2 Å². The number of non-ortho nitro benzene ring substituents is 1. The molecule has 3 rings (SSSR count). The molecular weight excluding hydrogens is 394 g/mol. The van der Waals surface area contributed by atoms with Crippen molar-refractivity contribution in [3.05, 3.63) is 28.3 Å². The quantitative estimate of drug-likeness (QED) is 0.484. The average Bonchev–Trinajstić information content (AvgIpc) is 2.75. The molecule has 0 unspecified atom stereocenters. The molecular formula is C19H27N5O6. The van der Waals surface area contributed by atoms with Crippen LogP contribution in [0.1, 0.15) is 0 Å². The molecule has 1 N–H and O–H groups in total. The lowest BCUT2D eigenvalue weighted by atomic mass is 10.2. The lowest BCUT2D eigenvalue weighted by molar-refractivity contribution is -0.384. The summed E-state index contributed by atoms with van der Waals surface area (Å²) < 4.78 is 10.4. The molecule has 2 fully saturated rings. The summed E-state index contributed by atoms with van der Waals surface area (Å²) >= 11 is 0. The minimum atomic E-state index is -0.520. The Balaban J connectivity index is 1.45. The number of anilines is 1. The van der Waals surface area contributed by atoms with Gasteiger partial charge in [0.15, 0.2) is 0 Å². The Hall–Kier alpha value is -2.76. The summed E-state index contributed by atoms with van der Waals surface area (Å²) in [5.74, 6) is 0.0999. The highest BCUT2D eigenvalue weighted by Gasteiger charge is 2.24. The van der Waals surface area contributed by atoms with Crippen molar-refractivity contribution in [3.8, 4) is 5.75 Å². The van der Waals surface area contributed by atoms with E-state index < -0.39 is 4.92 Å². The Morgan fingerprint density at radius 2 is 1.77 bits per heavy atom. The van der Waals surface area contributed by atoms with Gasteiger partial charge in [-0.2, -0.15) is 0 Å². The van der Waals surface area contributed by atoms with Gasteiger partial charge in [-0.1, -0.05) is 0 Å². The number of nitro benzene ring substituents is 1. The number of nitrogens with one attached hydrogen (secondary N) is 1. The van der Waals surface area contributed by atoms with Crippen LogP contribution in [0.25, 0.3) is 0 Å². The fraction of sp³-hybridized carbons (Fsp3) is 0.579. The van der Waals surface area contributed by atoms with Gasteiger partial charge >= 0.3 is 0 Å². The SMILES string of the molecule is COc1cc([N+](=O)[O-])ccc1NC(=O)CN1CCN(C(=O)CN2CCOCC2)CC1. The number of morpholine rings is 1. The van der Waals surface area contributed by atoms with Crippen LogP contribution < -0.4 is 10.1 Å². The van der Waals surface area contributed by atoms with Crippen molar-refractivity contribution in [1.82, 2.24) is 14.7 Å². The van der Waals surface area contributed by atoms with E-state index >= 15 is 0 Å². The van der Waals surface area contributed by atoms with E-state index in [-0.39, 0.29) is 29.8 Å². The topological polar surface area (TPSA) is 117 Å². The van der Waals surface area contributed by atoms with Gasteiger partial charge in [-0.15, -0.1) is 0 Å². The zero-order valence-electron chi connectivity index (χ0n) is 17.0. The summed E-state index contributed by atoms with van der Waals surface area (Å²) in [6.07, 6.45) is 0. The smallest absolute Gasteiger partial charge is 0.273 e. The van der Waals surface area contributed by atoms with E-state index in [0.717, 1.165) is 13.1 Å². The first-order valence-corrected chi connectivity index (χ1v) is 9.89. The molecule has 164 valence electrons. The standard InChI is InChI=1S/C19H27N5O6/c1-29-17-12-15(24(27)28)2-3-16(17)20-18(25)13-21-4-6-23(7-5-21)19(26)14-22-8-10-30-11-9-22/h2-3,12H,4-11,13-14H2,1H3,(H,20,25). The van der Waals surface area contributed by atoms with Gasteiger partial charge in [0.1, 0.15) is 5.75 Å². The second-order valence-corrected chi connectivity index (χ2v) is 7.24. The molecule has 0 aliphatic carbocycles. The van der Waals surface area contributed by atoms with E-state index in [4.69, 9.17) is 9.47 Å². The Kier molecular flexibility index (Phi) is 7.55. The molecule has 0 radical (unpaired) electrons. The molecule has 1 aromatic carbocycles. The second kappa shape index (κ2) is 10.3. The molecule has 0 saturated carbocycles. The fourth-order valence-corrected chi connectivity index (χ4v) is 3.50. The van der Waals surface area contributed by atoms with Gasteiger partial charge in [0, 0.05) is 45.3 Å². The maximum atomic E-state index is 12.5. The second-order valence-electron chi connectivity index (χ2n) is 7.24. The Labute approximate surface area is 174 Å². The van der Waals surface area contributed by atoms with Gasteiger partial charge in [0.2, 0.25) is 11.8 Å². The van der Waals surface area contributed by atoms with Crippen LogP contribution in [0.2, 0.25) is 0 Å². The number of nitrogens with zero attached hydrogens (tertiary/aromatic N) is 4. The zero-order valence-corrected chi connectivity index (χ0v) is 17.0. The summed E-state index contributed by atoms with van der Waals surface area (Å²) in [6, 6.07) is 4.04. The number of rotatable bonds is 7. The van der Waals surface area contributed by atoms with Crippen molar-refractivity contribution in [2.45, 2.75) is 0 Å². The fourth-order valence-electron chi connectivity index (χ4n) is 3.50. The van der Waals surface area contributed by atoms with E-state index in [0.29, 0.717) is 51.6 Å². The summed E-state index contributed by atoms with van der Waals surface area (Å²) in [6.45, 7) is 5.84. The molecule has 2 amide bonds. The van der Waals surface area contributed by atoms with Crippen molar-refractivity contribution < 1.29 is 24.0 Å². The van der Waals surface area contributed by atoms with Crippen LogP contribution in [0, 0.1) is 10.1 Å². The largest absolute Gasteiger partial charge is 0.494 e. The third-order valence-electron chi connectivity index (χ3n) is 5.22. The van der Waals surface area contributed by atoms with Crippen LogP contribution in [0.4, 0.5) is 11.4 Å². The Morgan fingerprint density at radius 3 is 2.40 bits per heavy atom. The van der Waals surface area contributed by atoms with E-state index in [9.17, 15) is 19.7 Å². The van der Waals surface area contributed by atoms with Gasteiger partial charge in [0.25, 0.3) is 5.69 Å². The van der Waals surface area contributed by atoms with E-state index in [2.05, 4.69) is 10.2 Å². The van der Waals surface area contributed by atoms with Crippen LogP contribution >= 0.6 is 0 Å². The normalized spacial score (nSPS) is 18.1. The molecule has 0 atom stereocenters. The highest BCUT2D eigenvalue weighted by Crippen LogP contribution is 2.28. The van der Waals surface area contributed by atoms with Crippen LogP contribution in [-0.2, 0) is 14.3 Å². The van der Waals surface area contributed by atoms with Gasteiger partial charge in [0.05, 0.1) is 50.1 Å². The molecule has 2 saturated heterocycles. The van der Waals surface area contributed by atoms with E-state index in [1.807, 2.05) is 9.80 Å². The van der Waals surface area contributed by atoms with Crippen LogP contribution in [-0.4, -0.2) is 104 Å². The molecule has 11 heteroatoms. The number of carbonyl (C=O) groups excluding carboxylic acids is 2. The molecule has 30 heavy (non-hydrogen) atoms. The third kappa shape index (κ3) is 5.88. The number of amides is 2. The molecule has 2 heterocycles. The summed E-state index contributed by atoms with van der Waals surface area (Å²) in [7, 11) is 1.39. The first-order valence-electron chi connectivity index (χ1n) is 9.89. The van der Waals surface area contributed by atoms with Crippen LogP contribution in [0.3, 0.4) is 0 Å². The van der Waals surface area contributed by atoms with Crippen LogP contribution in [0.5, 0.6) is 5.75 Å². The van der Waals surface area contributed by atoms with Crippen molar-refractivity contribution in [2.24, 2.45) is 0 Å². The van der Waals surface area contributed by atoms with Crippen molar-refractivity contribution in [1.29, 1.82) is 0 Å². The molecule has 0 aromatic heterocycles. The first kappa shape index (κ1) is 21.9. The molecule has 2 aliphatic rings. The molecule has 0 spiro atoms. The number of carbonyl (C=O) groups is 2. The highest BCUT2D eigenvalue weighted by atomic mass is 16.6. The minimum absolute atomic E-state index is 0.108. The lowest BCUT2D eigenvalue weighted by Gasteiger charge is -2.36. The molecule has 11 nitrogen and oxygen atoms in total. The molecule has 1 aromatic rings. The number of nitro groups is 1. The number of piperazine rings is 1. The third-order valence-corrected chi connectivity index (χ3v) is 5.22. The maximum Gasteiger partial charge on any atom is 0.273 e. The summed E-state index contributed by atoms with van der Waals surface area (Å²) in [5, 5.41) is 13.6. The average molecular weight is 421 g/mol. The van der Waals surface area contributed by atoms with Crippen molar-refractivity contribution in [3.63, 3.8) is 0 Å². The monoisotopic (exact) mass is 421 g/mol. The van der Waals surface area contributed by atoms with Crippen molar-refractivity contribution in [2.75, 3.05) is 78.0 Å². The van der Waals surface area contributed by atoms with Gasteiger partial charge < -0.3 is 19.7 Å². The number of methoxy groups -OCH3 is 1. The Bertz CT molecular complexity index is 775. The highest BCUT2D eigenvalue weighted by molar-refractivity contribution is 5.94. The Morgan fingerprint density at radius 1 is 1.10 bits per heavy atom. The predicted octanol–water partition coefficient (Wildman–Crippen LogP) is 0.0183. The number of hydrogen-bond donors (Lipinski definition) is 1. The summed E-state index contributed by atoms with van der Waals surface area (Å²) in [4.78, 5) is 41.1. The van der Waals surface area contributed by atoms with E-state index in [1.165, 1.54) is 25.3 Å². The van der Waals surface area contributed by atoms with Gasteiger partial charge in [-0.25, -0.2) is 0 Å². The number of hydrogen-bond acceptors (Lipinski definition) is 8. The molecule has 0 bridgehead atoms. The predicted molar refractivity (Wildman–Crippen MR) is 109 cm³/mol. The van der Waals surface area contributed by atoms with Gasteiger partial charge in [-0.05, 0) is 6.07 Å². The summed E-state index contributed by atoms with van der Waals surface area (Å²) in [5.41, 5.74) is 0.273. The number of ether oxygens (including phenoxy) is 2. The lowest BCUT2D eigenvalue weighted by Crippen LogP contribution is -2.53. The minimum Gasteiger partial charge on any atom is -0.494 e. The first-order chi connectivity index (χ1) is 14.5. The molecule has 2 aliphatic heterocycles. The zero-order chi connectivity index (χ0) is 21.5. The maximum absolute atomic E-state index is 12.5. The number of benzene rings is 1. The van der Waals surface area contributed by atoms with Gasteiger partial charge in [-0.3, -0.25) is 29.5 Å². The van der Waals surface area contributed by atoms with E-state index in [1.54, 1.807) is 0 Å². The van der Waals surface area contributed by atoms with Crippen LogP contribution in [0.15, 0.2) is 18.2 Å².